The van der Waals surface area contributed by atoms with E-state index in [0.29, 0.717) is 42.7 Å². The van der Waals surface area contributed by atoms with E-state index in [1.54, 1.807) is 13.2 Å². The van der Waals surface area contributed by atoms with Crippen molar-refractivity contribution in [3.8, 4) is 11.8 Å². The fourth-order valence-corrected chi connectivity index (χ4v) is 4.81. The number of nitrogens with one attached hydrogen (secondary N) is 1. The Kier molecular flexibility index (Phi) is 12.1. The summed E-state index contributed by atoms with van der Waals surface area (Å²) in [6.07, 6.45) is 3.05. The quantitative estimate of drug-likeness (QED) is 0.213. The summed E-state index contributed by atoms with van der Waals surface area (Å²) in [4.78, 5) is 2.37. The third-order valence-electron chi connectivity index (χ3n) is 6.81. The van der Waals surface area contributed by atoms with Gasteiger partial charge in [0.2, 0.25) is 0 Å². The van der Waals surface area contributed by atoms with Crippen molar-refractivity contribution in [2.24, 2.45) is 0 Å². The zero-order chi connectivity index (χ0) is 28.0. The number of benzene rings is 3. The summed E-state index contributed by atoms with van der Waals surface area (Å²) in [6.45, 7) is 4.41. The van der Waals surface area contributed by atoms with Crippen molar-refractivity contribution in [3.63, 3.8) is 0 Å². The molecular weight excluding hydrogens is 526 g/mol. The van der Waals surface area contributed by atoms with Crippen LogP contribution in [-0.2, 0) is 20.8 Å². The Hall–Kier alpha value is -3.12. The van der Waals surface area contributed by atoms with Crippen molar-refractivity contribution in [2.45, 2.75) is 38.1 Å². The summed E-state index contributed by atoms with van der Waals surface area (Å²) in [5.41, 5.74) is 3.55. The van der Waals surface area contributed by atoms with Crippen LogP contribution in [0.3, 0.4) is 0 Å². The van der Waals surface area contributed by atoms with E-state index in [0.717, 1.165) is 50.2 Å². The first-order valence-corrected chi connectivity index (χ1v) is 14.2. The predicted molar refractivity (Wildman–Crippen MR) is 158 cm³/mol. The molecule has 0 aliphatic carbocycles. The Morgan fingerprint density at radius 1 is 1.05 bits per heavy atom. The molecule has 0 amide bonds. The Morgan fingerprint density at radius 2 is 1.88 bits per heavy atom. The van der Waals surface area contributed by atoms with E-state index in [9.17, 15) is 5.26 Å². The number of ether oxygens (including phenoxy) is 4. The Labute approximate surface area is 242 Å². The molecule has 1 fully saturated rings. The van der Waals surface area contributed by atoms with Gasteiger partial charge in [-0.25, -0.2) is 0 Å². The molecule has 1 aliphatic heterocycles. The number of hydrogen-bond donors (Lipinski definition) is 1. The monoisotopic (exact) mass is 563 g/mol. The fraction of sp³-hybridized carbons (Fsp3) is 0.406. The Morgan fingerprint density at radius 3 is 2.60 bits per heavy atom. The lowest BCUT2D eigenvalue weighted by Gasteiger charge is -2.30. The summed E-state index contributed by atoms with van der Waals surface area (Å²) in [5.74, 6) is 0.634. The van der Waals surface area contributed by atoms with Crippen LogP contribution >= 0.6 is 11.6 Å². The number of anilines is 1. The van der Waals surface area contributed by atoms with E-state index in [4.69, 9.17) is 30.5 Å². The summed E-state index contributed by atoms with van der Waals surface area (Å²) in [5, 5.41) is 14.2. The average Bonchev–Trinajstić information content (AvgIpc) is 2.99. The van der Waals surface area contributed by atoms with Crippen LogP contribution in [0.15, 0.2) is 72.8 Å². The number of methoxy groups -OCH3 is 1. The van der Waals surface area contributed by atoms with Gasteiger partial charge in [0.1, 0.15) is 18.4 Å². The maximum absolute atomic E-state index is 9.92. The zero-order valence-electron chi connectivity index (χ0n) is 23.1. The minimum atomic E-state index is -0.125. The van der Waals surface area contributed by atoms with Gasteiger partial charge in [-0.05, 0) is 60.7 Å². The lowest BCUT2D eigenvalue weighted by atomic mass is 10.0. The van der Waals surface area contributed by atoms with Crippen LogP contribution < -0.4 is 10.1 Å². The van der Waals surface area contributed by atoms with E-state index in [2.05, 4.69) is 40.6 Å². The molecule has 1 unspecified atom stereocenters. The second-order valence-electron chi connectivity index (χ2n) is 9.80. The maximum atomic E-state index is 9.92. The summed E-state index contributed by atoms with van der Waals surface area (Å²) in [6, 6.07) is 26.0. The highest BCUT2D eigenvalue weighted by atomic mass is 35.5. The van der Waals surface area contributed by atoms with Crippen LogP contribution in [0.2, 0.25) is 5.02 Å². The lowest BCUT2D eigenvalue weighted by molar-refractivity contribution is -0.164. The molecule has 0 saturated carbocycles. The molecule has 3 aromatic carbocycles. The molecule has 7 nitrogen and oxygen atoms in total. The van der Waals surface area contributed by atoms with Gasteiger partial charge in [0, 0.05) is 38.4 Å². The third-order valence-corrected chi connectivity index (χ3v) is 7.06. The predicted octanol–water partition coefficient (Wildman–Crippen LogP) is 6.44. The minimum Gasteiger partial charge on any atom is -0.491 e. The van der Waals surface area contributed by atoms with Crippen LogP contribution in [0.5, 0.6) is 5.75 Å². The SMILES string of the molecule is COCCOc1ccc(N[C@@H](CN(CCOC2CCCCO2)Cc2ccccc2)c2ccc(Cl)cc2)c(C#N)c1. The summed E-state index contributed by atoms with van der Waals surface area (Å²) >= 11 is 6.22. The van der Waals surface area contributed by atoms with E-state index in [1.165, 1.54) is 5.56 Å². The number of hydrogen-bond acceptors (Lipinski definition) is 7. The third kappa shape index (κ3) is 9.51. The lowest BCUT2D eigenvalue weighted by Crippen LogP contribution is -2.35. The second-order valence-corrected chi connectivity index (χ2v) is 10.2. The molecule has 0 spiro atoms. The van der Waals surface area contributed by atoms with Crippen LogP contribution in [0.4, 0.5) is 5.69 Å². The van der Waals surface area contributed by atoms with Crippen LogP contribution in [0.1, 0.15) is 42.0 Å². The maximum Gasteiger partial charge on any atom is 0.157 e. The van der Waals surface area contributed by atoms with Gasteiger partial charge >= 0.3 is 0 Å². The molecule has 2 atom stereocenters. The molecule has 40 heavy (non-hydrogen) atoms. The molecule has 8 heteroatoms. The molecule has 3 aromatic rings. The van der Waals surface area contributed by atoms with Gasteiger partial charge in [-0.15, -0.1) is 0 Å². The van der Waals surface area contributed by atoms with Gasteiger partial charge in [0.25, 0.3) is 0 Å². The zero-order valence-corrected chi connectivity index (χ0v) is 23.8. The van der Waals surface area contributed by atoms with E-state index >= 15 is 0 Å². The van der Waals surface area contributed by atoms with E-state index in [1.807, 2.05) is 42.5 Å². The molecule has 1 aliphatic rings. The highest BCUT2D eigenvalue weighted by Crippen LogP contribution is 2.28. The molecular formula is C32H38ClN3O4. The normalized spacial score (nSPS) is 15.9. The summed E-state index contributed by atoms with van der Waals surface area (Å²) < 4.78 is 22.7. The molecule has 1 N–H and O–H groups in total. The summed E-state index contributed by atoms with van der Waals surface area (Å²) in [7, 11) is 1.63. The standard InChI is InChI=1S/C32H38ClN3O4/c1-37-19-20-38-29-14-15-30(27(21-29)22-34)35-31(26-10-12-28(33)13-11-26)24-36(23-25-7-3-2-4-8-25)16-18-40-32-9-5-6-17-39-32/h2-4,7-8,10-15,21,31-32,35H,5-6,9,16-20,23-24H2,1H3/t31-,32?/m0/s1. The number of halogens is 1. The highest BCUT2D eigenvalue weighted by molar-refractivity contribution is 6.30. The molecule has 0 radical (unpaired) electrons. The molecule has 1 heterocycles. The molecule has 4 rings (SSSR count). The first kappa shape index (κ1) is 29.9. The second kappa shape index (κ2) is 16.2. The largest absolute Gasteiger partial charge is 0.491 e. The van der Waals surface area contributed by atoms with Crippen LogP contribution in [-0.4, -0.2) is 57.8 Å². The molecule has 0 bridgehead atoms. The van der Waals surface area contributed by atoms with Crippen molar-refractivity contribution >= 4 is 17.3 Å². The van der Waals surface area contributed by atoms with Gasteiger partial charge in [-0.3, -0.25) is 4.90 Å². The van der Waals surface area contributed by atoms with Crippen molar-refractivity contribution in [2.75, 3.05) is 51.9 Å². The first-order valence-electron chi connectivity index (χ1n) is 13.8. The van der Waals surface area contributed by atoms with Crippen molar-refractivity contribution < 1.29 is 18.9 Å². The van der Waals surface area contributed by atoms with Gasteiger partial charge < -0.3 is 24.3 Å². The fourth-order valence-electron chi connectivity index (χ4n) is 4.68. The Bertz CT molecular complexity index is 1200. The van der Waals surface area contributed by atoms with Crippen molar-refractivity contribution in [1.82, 2.24) is 4.90 Å². The van der Waals surface area contributed by atoms with Gasteiger partial charge in [-0.1, -0.05) is 54.1 Å². The minimum absolute atomic E-state index is 0.112. The first-order chi connectivity index (χ1) is 19.6. The number of nitrogens with zero attached hydrogens (tertiary/aromatic N) is 2. The molecule has 1 saturated heterocycles. The number of nitriles is 1. The number of rotatable bonds is 15. The van der Waals surface area contributed by atoms with Crippen LogP contribution in [0.25, 0.3) is 0 Å². The van der Waals surface area contributed by atoms with Gasteiger partial charge in [0.05, 0.1) is 30.5 Å². The van der Waals surface area contributed by atoms with E-state index < -0.39 is 0 Å². The smallest absolute Gasteiger partial charge is 0.157 e. The average molecular weight is 564 g/mol. The Balaban J connectivity index is 1.53. The van der Waals surface area contributed by atoms with Crippen molar-refractivity contribution in [1.29, 1.82) is 5.26 Å². The van der Waals surface area contributed by atoms with E-state index in [-0.39, 0.29) is 12.3 Å². The highest BCUT2D eigenvalue weighted by Gasteiger charge is 2.20. The topological polar surface area (TPSA) is 76.0 Å². The van der Waals surface area contributed by atoms with Crippen molar-refractivity contribution in [3.05, 3.63) is 94.5 Å². The van der Waals surface area contributed by atoms with Gasteiger partial charge in [-0.2, -0.15) is 5.26 Å². The molecule has 212 valence electrons. The van der Waals surface area contributed by atoms with Gasteiger partial charge in [0.15, 0.2) is 6.29 Å². The molecule has 0 aromatic heterocycles. The van der Waals surface area contributed by atoms with Crippen LogP contribution in [0, 0.1) is 11.3 Å².